The van der Waals surface area contributed by atoms with Crippen LogP contribution in [0.5, 0.6) is 0 Å². The molecule has 2 heteroatoms. The minimum absolute atomic E-state index is 0.374. The molecule has 0 aromatic rings. The summed E-state index contributed by atoms with van der Waals surface area (Å²) in [4.78, 5) is 2.62. The van der Waals surface area contributed by atoms with Gasteiger partial charge in [-0.15, -0.1) is 0 Å². The molecule has 1 heterocycles. The molecule has 2 N–H and O–H groups in total. The Morgan fingerprint density at radius 3 is 2.38 bits per heavy atom. The van der Waals surface area contributed by atoms with Gasteiger partial charge in [0.2, 0.25) is 0 Å². The highest BCUT2D eigenvalue weighted by Crippen LogP contribution is 2.22. The zero-order valence-electron chi connectivity index (χ0n) is 9.29. The highest BCUT2D eigenvalue weighted by Gasteiger charge is 2.28. The molecule has 1 rings (SSSR count). The van der Waals surface area contributed by atoms with Gasteiger partial charge in [-0.1, -0.05) is 13.8 Å². The summed E-state index contributed by atoms with van der Waals surface area (Å²) in [5.74, 6) is 0.737. The van der Waals surface area contributed by atoms with Gasteiger partial charge in [-0.25, -0.2) is 0 Å². The van der Waals surface area contributed by atoms with Crippen LogP contribution in [-0.2, 0) is 0 Å². The average Bonchev–Trinajstić information content (AvgIpc) is 2.56. The first kappa shape index (κ1) is 11.0. The summed E-state index contributed by atoms with van der Waals surface area (Å²) in [6.45, 7) is 9.20. The summed E-state index contributed by atoms with van der Waals surface area (Å²) in [5.41, 5.74) is 5.92. The second-order valence-electron chi connectivity index (χ2n) is 4.37. The molecule has 0 radical (unpaired) electrons. The van der Waals surface area contributed by atoms with Crippen molar-refractivity contribution in [2.75, 3.05) is 13.1 Å². The van der Waals surface area contributed by atoms with E-state index in [1.54, 1.807) is 0 Å². The van der Waals surface area contributed by atoms with Crippen LogP contribution in [0.1, 0.15) is 40.0 Å². The number of rotatable bonds is 4. The normalized spacial score (nSPS) is 27.0. The van der Waals surface area contributed by atoms with Crippen LogP contribution in [0.2, 0.25) is 0 Å². The van der Waals surface area contributed by atoms with Crippen LogP contribution in [0, 0.1) is 5.92 Å². The molecule has 0 bridgehead atoms. The van der Waals surface area contributed by atoms with Crippen molar-refractivity contribution in [2.45, 2.75) is 52.1 Å². The van der Waals surface area contributed by atoms with E-state index in [1.165, 1.54) is 32.4 Å². The first-order valence-electron chi connectivity index (χ1n) is 5.68. The van der Waals surface area contributed by atoms with Gasteiger partial charge in [0.25, 0.3) is 0 Å². The van der Waals surface area contributed by atoms with E-state index < -0.39 is 0 Å². The van der Waals surface area contributed by atoms with Crippen molar-refractivity contribution in [2.24, 2.45) is 11.7 Å². The predicted octanol–water partition coefficient (Wildman–Crippen LogP) is 1.84. The largest absolute Gasteiger partial charge is 0.328 e. The lowest BCUT2D eigenvalue weighted by Crippen LogP contribution is -2.35. The van der Waals surface area contributed by atoms with Crippen molar-refractivity contribution < 1.29 is 0 Å². The standard InChI is InChI=1S/C11H24N2/c1-4-11(5-2)13-7-6-10(8-13)9(3)12/h9-11H,4-8,12H2,1-3H3. The summed E-state index contributed by atoms with van der Waals surface area (Å²) in [6.07, 6.45) is 3.86. The summed E-state index contributed by atoms with van der Waals surface area (Å²) in [7, 11) is 0. The van der Waals surface area contributed by atoms with Crippen molar-refractivity contribution in [3.63, 3.8) is 0 Å². The first-order valence-corrected chi connectivity index (χ1v) is 5.68. The molecule has 1 saturated heterocycles. The molecule has 0 aromatic carbocycles. The fourth-order valence-electron chi connectivity index (χ4n) is 2.38. The first-order chi connectivity index (χ1) is 6.19. The molecule has 13 heavy (non-hydrogen) atoms. The van der Waals surface area contributed by atoms with Gasteiger partial charge >= 0.3 is 0 Å². The maximum atomic E-state index is 5.92. The van der Waals surface area contributed by atoms with E-state index in [2.05, 4.69) is 25.7 Å². The molecule has 0 aliphatic carbocycles. The van der Waals surface area contributed by atoms with E-state index in [0.29, 0.717) is 6.04 Å². The fraction of sp³-hybridized carbons (Fsp3) is 1.00. The fourth-order valence-corrected chi connectivity index (χ4v) is 2.38. The number of hydrogen-bond acceptors (Lipinski definition) is 2. The third-order valence-electron chi connectivity index (χ3n) is 3.46. The SMILES string of the molecule is CCC(CC)N1CCC(C(C)N)C1. The van der Waals surface area contributed by atoms with Gasteiger partial charge < -0.3 is 10.6 Å². The van der Waals surface area contributed by atoms with Gasteiger partial charge in [0, 0.05) is 18.6 Å². The summed E-state index contributed by atoms with van der Waals surface area (Å²) >= 11 is 0. The van der Waals surface area contributed by atoms with Crippen molar-refractivity contribution in [3.8, 4) is 0 Å². The smallest absolute Gasteiger partial charge is 0.00901 e. The van der Waals surface area contributed by atoms with Gasteiger partial charge in [0.1, 0.15) is 0 Å². The van der Waals surface area contributed by atoms with Gasteiger partial charge in [0.15, 0.2) is 0 Å². The Morgan fingerprint density at radius 1 is 1.38 bits per heavy atom. The van der Waals surface area contributed by atoms with Gasteiger partial charge in [-0.3, -0.25) is 0 Å². The summed E-state index contributed by atoms with van der Waals surface area (Å²) in [6, 6.07) is 1.17. The molecule has 0 spiro atoms. The molecule has 0 amide bonds. The Morgan fingerprint density at radius 2 is 2.00 bits per heavy atom. The topological polar surface area (TPSA) is 29.3 Å². The number of nitrogens with two attached hydrogens (primary N) is 1. The van der Waals surface area contributed by atoms with Crippen LogP contribution >= 0.6 is 0 Å². The highest BCUT2D eigenvalue weighted by atomic mass is 15.2. The monoisotopic (exact) mass is 184 g/mol. The maximum Gasteiger partial charge on any atom is 0.00901 e. The highest BCUT2D eigenvalue weighted by molar-refractivity contribution is 4.84. The summed E-state index contributed by atoms with van der Waals surface area (Å²) in [5, 5.41) is 0. The predicted molar refractivity (Wildman–Crippen MR) is 57.7 cm³/mol. The molecule has 1 aliphatic heterocycles. The molecule has 0 aromatic heterocycles. The van der Waals surface area contributed by atoms with Crippen molar-refractivity contribution >= 4 is 0 Å². The van der Waals surface area contributed by atoms with E-state index in [-0.39, 0.29) is 0 Å². The van der Waals surface area contributed by atoms with Crippen molar-refractivity contribution in [3.05, 3.63) is 0 Å². The molecule has 2 unspecified atom stereocenters. The molecular formula is C11H24N2. The van der Waals surface area contributed by atoms with E-state index in [0.717, 1.165) is 12.0 Å². The number of likely N-dealkylation sites (tertiary alicyclic amines) is 1. The molecule has 0 saturated carbocycles. The molecule has 1 aliphatic rings. The lowest BCUT2D eigenvalue weighted by molar-refractivity contribution is 0.218. The molecule has 1 fully saturated rings. The molecular weight excluding hydrogens is 160 g/mol. The Balaban J connectivity index is 2.39. The van der Waals surface area contributed by atoms with E-state index in [4.69, 9.17) is 5.73 Å². The minimum atomic E-state index is 0.374. The van der Waals surface area contributed by atoms with Crippen LogP contribution < -0.4 is 5.73 Å². The van der Waals surface area contributed by atoms with E-state index in [9.17, 15) is 0 Å². The molecule has 78 valence electrons. The Labute approximate surface area is 82.5 Å². The Kier molecular flexibility index (Phi) is 4.20. The van der Waals surface area contributed by atoms with Crippen LogP contribution in [0.4, 0.5) is 0 Å². The van der Waals surface area contributed by atoms with Crippen LogP contribution in [-0.4, -0.2) is 30.1 Å². The van der Waals surface area contributed by atoms with Gasteiger partial charge in [0.05, 0.1) is 0 Å². The third-order valence-corrected chi connectivity index (χ3v) is 3.46. The maximum absolute atomic E-state index is 5.92. The van der Waals surface area contributed by atoms with Crippen molar-refractivity contribution in [1.29, 1.82) is 0 Å². The lowest BCUT2D eigenvalue weighted by atomic mass is 10.0. The zero-order chi connectivity index (χ0) is 9.84. The third kappa shape index (κ3) is 2.68. The van der Waals surface area contributed by atoms with Crippen LogP contribution in [0.25, 0.3) is 0 Å². The van der Waals surface area contributed by atoms with E-state index in [1.807, 2.05) is 0 Å². The lowest BCUT2D eigenvalue weighted by Gasteiger charge is -2.26. The number of nitrogens with zero attached hydrogens (tertiary/aromatic N) is 1. The summed E-state index contributed by atoms with van der Waals surface area (Å²) < 4.78 is 0. The minimum Gasteiger partial charge on any atom is -0.328 e. The number of hydrogen-bond donors (Lipinski definition) is 1. The quantitative estimate of drug-likeness (QED) is 0.722. The Hall–Kier alpha value is -0.0800. The van der Waals surface area contributed by atoms with Crippen LogP contribution in [0.3, 0.4) is 0 Å². The Bertz CT molecular complexity index is 141. The molecule has 2 nitrogen and oxygen atoms in total. The molecule has 2 atom stereocenters. The second-order valence-corrected chi connectivity index (χ2v) is 4.37. The average molecular weight is 184 g/mol. The van der Waals surface area contributed by atoms with Gasteiger partial charge in [-0.2, -0.15) is 0 Å². The van der Waals surface area contributed by atoms with E-state index >= 15 is 0 Å². The second kappa shape index (κ2) is 4.97. The van der Waals surface area contributed by atoms with Crippen molar-refractivity contribution in [1.82, 2.24) is 4.90 Å². The van der Waals surface area contributed by atoms with Crippen LogP contribution in [0.15, 0.2) is 0 Å². The zero-order valence-corrected chi connectivity index (χ0v) is 9.29. The van der Waals surface area contributed by atoms with Gasteiger partial charge in [-0.05, 0) is 38.6 Å².